The van der Waals surface area contributed by atoms with E-state index in [1.165, 1.54) is 38.2 Å². The Morgan fingerprint density at radius 3 is 2.02 bits per heavy atom. The van der Waals surface area contributed by atoms with Gasteiger partial charge in [0.25, 0.3) is 0 Å². The van der Waals surface area contributed by atoms with E-state index in [-0.39, 0.29) is 56.0 Å². The second kappa shape index (κ2) is 26.8. The van der Waals surface area contributed by atoms with E-state index in [1.54, 1.807) is 18.2 Å². The number of imidazole rings is 1. The molecule has 0 aromatic carbocycles. The zero-order valence-electron chi connectivity index (χ0n) is 21.5. The van der Waals surface area contributed by atoms with Gasteiger partial charge in [-0.15, -0.1) is 0 Å². The molecule has 0 amide bonds. The number of nitriles is 1. The number of rotatable bonds is 6. The number of aliphatic hydroxyl groups excluding tert-OH is 5. The maximum atomic E-state index is 9.77. The number of nitrogens with one attached hydrogen (secondary N) is 2. The van der Waals surface area contributed by atoms with E-state index < -0.39 is 24.9 Å². The summed E-state index contributed by atoms with van der Waals surface area (Å²) in [5.74, 6) is 0.382. The molecule has 0 saturated carbocycles. The monoisotopic (exact) mass is 593 g/mol. The van der Waals surface area contributed by atoms with Crippen molar-refractivity contribution in [1.29, 1.82) is 10.7 Å². The van der Waals surface area contributed by atoms with E-state index in [0.717, 1.165) is 14.2 Å². The van der Waals surface area contributed by atoms with Crippen LogP contribution < -0.4 is 34.7 Å². The van der Waals surface area contributed by atoms with E-state index in [9.17, 15) is 15.3 Å². The summed E-state index contributed by atoms with van der Waals surface area (Å²) >= 11 is 0. The third-order valence-electron chi connectivity index (χ3n) is 3.93. The van der Waals surface area contributed by atoms with Crippen molar-refractivity contribution in [2.45, 2.75) is 33.2 Å². The first-order valence-electron chi connectivity index (χ1n) is 10.2. The quantitative estimate of drug-likeness (QED) is 0.0660. The number of aromatic nitrogens is 5. The molecule has 0 aliphatic rings. The standard InChI is InChI=1S/C10H13N3O5.C5H6N2O2.C4H2N2O.CH4O.CH3O.2CH4.Na/c14-4-7(15)9(17)8(16)6-3-11-10(12-6)5-1-2-18-13-5;1-8-5(6)4-2-3-9-7-4;5-3-4-1-2-7-6-4;2*1-2;;;/h1-3,7-9,14-17H,4H2,(H,11,12);2-3,6H,1H3;1-2H;2H,1H3;1H3;2*1H4;/q;;;;-1;;;+1/t7-,8-,9-;;;;;;;/m1......./s1. The molecule has 7 N–H and O–H groups in total. The number of methoxy groups -OCH3 is 1. The molecule has 4 aromatic heterocycles. The SMILES string of the molecule is C.C.CO.COC(=N)c1ccon1.C[O-].N#Cc1ccon1.OC[C@@H](O)[C@@H](O)[C@H](O)c1cnc(-c2ccon2)[nH]1.[Na+]. The number of aromatic amines is 1. The first-order valence-corrected chi connectivity index (χ1v) is 10.2. The van der Waals surface area contributed by atoms with Crippen LogP contribution in [-0.2, 0) is 4.74 Å². The van der Waals surface area contributed by atoms with Gasteiger partial charge in [0.1, 0.15) is 48.9 Å². The predicted octanol–water partition coefficient (Wildman–Crippen LogP) is -3.13. The van der Waals surface area contributed by atoms with Gasteiger partial charge in [0.2, 0.25) is 5.90 Å². The van der Waals surface area contributed by atoms with Crippen LogP contribution in [0.5, 0.6) is 0 Å². The minimum atomic E-state index is -1.51. The van der Waals surface area contributed by atoms with Crippen LogP contribution in [0.15, 0.2) is 56.8 Å². The molecule has 4 heterocycles. The summed E-state index contributed by atoms with van der Waals surface area (Å²) < 4.78 is 18.0. The number of hydrogen-bond acceptors (Lipinski definition) is 16. The maximum Gasteiger partial charge on any atom is 1.00 e. The van der Waals surface area contributed by atoms with Gasteiger partial charge < -0.3 is 53.9 Å². The Labute approximate surface area is 258 Å². The Balaban J connectivity index is -0.000000252. The molecule has 0 aliphatic heterocycles. The van der Waals surface area contributed by atoms with Crippen LogP contribution in [0.25, 0.3) is 11.5 Å². The van der Waals surface area contributed by atoms with Gasteiger partial charge in [0.15, 0.2) is 17.2 Å². The normalized spacial score (nSPS) is 10.8. The van der Waals surface area contributed by atoms with Gasteiger partial charge in [-0.2, -0.15) is 12.4 Å². The molecule has 224 valence electrons. The van der Waals surface area contributed by atoms with Crippen molar-refractivity contribution in [3.05, 3.63) is 60.3 Å². The van der Waals surface area contributed by atoms with Crippen molar-refractivity contribution in [3.63, 3.8) is 0 Å². The molecule has 4 rings (SSSR count). The van der Waals surface area contributed by atoms with Crippen molar-refractivity contribution < 1.29 is 78.5 Å². The first-order chi connectivity index (χ1) is 18.4. The van der Waals surface area contributed by atoms with Crippen molar-refractivity contribution >= 4 is 5.90 Å². The van der Waals surface area contributed by atoms with Gasteiger partial charge in [-0.1, -0.05) is 30.3 Å². The zero-order chi connectivity index (χ0) is 28.9. The number of hydrogen-bond donors (Lipinski definition) is 7. The van der Waals surface area contributed by atoms with Gasteiger partial charge >= 0.3 is 29.6 Å². The molecule has 18 heteroatoms. The molecular formula is C23H36N7NaO10. The van der Waals surface area contributed by atoms with E-state index in [1.807, 2.05) is 0 Å². The largest absolute Gasteiger partial charge is 1.00 e. The van der Waals surface area contributed by atoms with E-state index in [0.29, 0.717) is 22.9 Å². The maximum absolute atomic E-state index is 9.77. The summed E-state index contributed by atoms with van der Waals surface area (Å²) in [6.07, 6.45) is 1.10. The van der Waals surface area contributed by atoms with Crippen LogP contribution >= 0.6 is 0 Å². The molecule has 0 spiro atoms. The summed E-state index contributed by atoms with van der Waals surface area (Å²) in [5.41, 5.74) is 1.39. The first kappa shape index (κ1) is 44.6. The summed E-state index contributed by atoms with van der Waals surface area (Å²) in [5, 5.41) is 78.0. The van der Waals surface area contributed by atoms with Crippen LogP contribution in [-0.4, -0.2) is 97.0 Å². The Kier molecular flexibility index (Phi) is 29.1. The molecular weight excluding hydrogens is 557 g/mol. The van der Waals surface area contributed by atoms with Gasteiger partial charge in [0, 0.05) is 25.3 Å². The fourth-order valence-corrected chi connectivity index (χ4v) is 2.16. The van der Waals surface area contributed by atoms with Crippen molar-refractivity contribution in [3.8, 4) is 17.6 Å². The number of H-pyrrole nitrogens is 1. The number of ether oxygens (including phenoxy) is 1. The van der Waals surface area contributed by atoms with Crippen molar-refractivity contribution in [2.75, 3.05) is 27.9 Å². The summed E-state index contributed by atoms with van der Waals surface area (Å²) in [6.45, 7) is -0.650. The molecule has 41 heavy (non-hydrogen) atoms. The second-order valence-corrected chi connectivity index (χ2v) is 6.17. The number of aliphatic hydroxyl groups is 5. The Morgan fingerprint density at radius 2 is 1.61 bits per heavy atom. The van der Waals surface area contributed by atoms with Crippen molar-refractivity contribution in [1.82, 2.24) is 25.4 Å². The fraction of sp³-hybridized carbons (Fsp3) is 0.391. The smallest absolute Gasteiger partial charge is 0.857 e. The van der Waals surface area contributed by atoms with Gasteiger partial charge in [-0.05, 0) is 0 Å². The Morgan fingerprint density at radius 1 is 1.05 bits per heavy atom. The molecule has 0 aliphatic carbocycles. The molecule has 0 bridgehead atoms. The van der Waals surface area contributed by atoms with Crippen LogP contribution in [0.2, 0.25) is 0 Å². The molecule has 0 radical (unpaired) electrons. The molecule has 3 atom stereocenters. The van der Waals surface area contributed by atoms with E-state index >= 15 is 0 Å². The summed E-state index contributed by atoms with van der Waals surface area (Å²) in [4.78, 5) is 6.69. The third kappa shape index (κ3) is 15.8. The Hall–Kier alpha value is -3.44. The molecule has 4 aromatic rings. The fourth-order valence-electron chi connectivity index (χ4n) is 2.16. The van der Waals surface area contributed by atoms with Crippen molar-refractivity contribution in [2.24, 2.45) is 0 Å². The van der Waals surface area contributed by atoms with E-state index in [4.69, 9.17) is 26.0 Å². The second-order valence-electron chi connectivity index (χ2n) is 6.17. The number of nitrogens with zero attached hydrogens (tertiary/aromatic N) is 5. The molecule has 0 fully saturated rings. The molecule has 0 saturated heterocycles. The van der Waals surface area contributed by atoms with Crippen LogP contribution in [0.1, 0.15) is 38.0 Å². The Bertz CT molecular complexity index is 1130. The van der Waals surface area contributed by atoms with Gasteiger partial charge in [-0.3, -0.25) is 5.41 Å². The van der Waals surface area contributed by atoms with Crippen LogP contribution in [0.3, 0.4) is 0 Å². The molecule has 17 nitrogen and oxygen atoms in total. The van der Waals surface area contributed by atoms with Gasteiger partial charge in [-0.25, -0.2) is 4.98 Å². The third-order valence-corrected chi connectivity index (χ3v) is 3.93. The average Bonchev–Trinajstić information content (AvgIpc) is 3.81. The predicted molar refractivity (Wildman–Crippen MR) is 137 cm³/mol. The summed E-state index contributed by atoms with van der Waals surface area (Å²) in [6, 6.07) is 6.44. The van der Waals surface area contributed by atoms with Gasteiger partial charge in [0.05, 0.1) is 25.6 Å². The topological polar surface area (TPSA) is 288 Å². The molecule has 0 unspecified atom stereocenters. The average molecular weight is 594 g/mol. The van der Waals surface area contributed by atoms with Crippen LogP contribution in [0, 0.1) is 16.7 Å². The van der Waals surface area contributed by atoms with E-state index in [2.05, 4.69) is 43.7 Å². The minimum absolute atomic E-state index is 0. The van der Waals surface area contributed by atoms with Crippen LogP contribution in [0.4, 0.5) is 0 Å². The zero-order valence-corrected chi connectivity index (χ0v) is 23.5. The summed E-state index contributed by atoms with van der Waals surface area (Å²) in [7, 11) is 3.16. The minimum Gasteiger partial charge on any atom is -0.857 e.